The number of rotatable bonds is 3. The van der Waals surface area contributed by atoms with Gasteiger partial charge in [0.1, 0.15) is 5.75 Å². The number of anilines is 1. The van der Waals surface area contributed by atoms with Crippen molar-refractivity contribution in [3.63, 3.8) is 0 Å². The standard InChI is InChI=1S/C16H23NO3/c1-10-4-5-12(8-11(10)2)20-13-6-7-15(17)14(9-13)16(18)19-3/h6-7,9-12H,4-5,8,17H2,1-3H3. The Balaban J connectivity index is 2.08. The van der Waals surface area contributed by atoms with Crippen LogP contribution < -0.4 is 10.5 Å². The van der Waals surface area contributed by atoms with Gasteiger partial charge in [0.25, 0.3) is 0 Å². The molecule has 4 heteroatoms. The van der Waals surface area contributed by atoms with E-state index in [4.69, 9.17) is 15.2 Å². The van der Waals surface area contributed by atoms with Crippen LogP contribution in [0, 0.1) is 11.8 Å². The van der Waals surface area contributed by atoms with E-state index in [1.54, 1.807) is 12.1 Å². The molecule has 0 aliphatic heterocycles. The molecular formula is C16H23NO3. The highest BCUT2D eigenvalue weighted by molar-refractivity contribution is 5.95. The molecule has 3 atom stereocenters. The maximum Gasteiger partial charge on any atom is 0.340 e. The molecular weight excluding hydrogens is 254 g/mol. The maximum atomic E-state index is 11.6. The minimum atomic E-state index is -0.432. The van der Waals surface area contributed by atoms with Crippen LogP contribution in [0.3, 0.4) is 0 Å². The lowest BCUT2D eigenvalue weighted by molar-refractivity contribution is 0.0600. The molecule has 0 aromatic heterocycles. The lowest BCUT2D eigenvalue weighted by atomic mass is 9.80. The summed E-state index contributed by atoms with van der Waals surface area (Å²) < 4.78 is 10.7. The molecule has 0 heterocycles. The van der Waals surface area contributed by atoms with E-state index in [1.165, 1.54) is 13.5 Å². The Hall–Kier alpha value is -1.71. The molecule has 0 radical (unpaired) electrons. The molecule has 1 aromatic carbocycles. The van der Waals surface area contributed by atoms with Crippen molar-refractivity contribution < 1.29 is 14.3 Å². The molecule has 0 spiro atoms. The Morgan fingerprint density at radius 1 is 1.25 bits per heavy atom. The van der Waals surface area contributed by atoms with Gasteiger partial charge in [-0.15, -0.1) is 0 Å². The van der Waals surface area contributed by atoms with Crippen molar-refractivity contribution in [1.29, 1.82) is 0 Å². The second kappa shape index (κ2) is 6.16. The monoisotopic (exact) mass is 277 g/mol. The van der Waals surface area contributed by atoms with Crippen molar-refractivity contribution in [2.45, 2.75) is 39.2 Å². The van der Waals surface area contributed by atoms with Crippen molar-refractivity contribution >= 4 is 11.7 Å². The number of esters is 1. The van der Waals surface area contributed by atoms with Gasteiger partial charge in [0.05, 0.1) is 18.8 Å². The van der Waals surface area contributed by atoms with Gasteiger partial charge in [0, 0.05) is 5.69 Å². The largest absolute Gasteiger partial charge is 0.490 e. The van der Waals surface area contributed by atoms with Crippen molar-refractivity contribution in [3.8, 4) is 5.75 Å². The van der Waals surface area contributed by atoms with E-state index < -0.39 is 5.97 Å². The quantitative estimate of drug-likeness (QED) is 0.680. The number of methoxy groups -OCH3 is 1. The zero-order chi connectivity index (χ0) is 14.7. The molecule has 0 amide bonds. The first-order valence-electron chi connectivity index (χ1n) is 7.15. The van der Waals surface area contributed by atoms with Gasteiger partial charge in [0.2, 0.25) is 0 Å². The van der Waals surface area contributed by atoms with Crippen LogP contribution in [-0.2, 0) is 4.74 Å². The third-order valence-electron chi connectivity index (χ3n) is 4.28. The van der Waals surface area contributed by atoms with Crippen molar-refractivity contribution in [1.82, 2.24) is 0 Å². The topological polar surface area (TPSA) is 61.5 Å². The fourth-order valence-electron chi connectivity index (χ4n) is 2.69. The van der Waals surface area contributed by atoms with Crippen molar-refractivity contribution in [2.24, 2.45) is 11.8 Å². The summed E-state index contributed by atoms with van der Waals surface area (Å²) in [6.45, 7) is 4.56. The highest BCUT2D eigenvalue weighted by Crippen LogP contribution is 2.32. The van der Waals surface area contributed by atoms with Crippen LogP contribution in [0.4, 0.5) is 5.69 Å². The predicted molar refractivity (Wildman–Crippen MR) is 78.8 cm³/mol. The summed E-state index contributed by atoms with van der Waals surface area (Å²) in [5, 5.41) is 0. The van der Waals surface area contributed by atoms with Gasteiger partial charge in [0.15, 0.2) is 0 Å². The molecule has 1 aliphatic carbocycles. The molecule has 2 rings (SSSR count). The maximum absolute atomic E-state index is 11.6. The first-order valence-corrected chi connectivity index (χ1v) is 7.15. The van der Waals surface area contributed by atoms with Crippen molar-refractivity contribution in [3.05, 3.63) is 23.8 Å². The summed E-state index contributed by atoms with van der Waals surface area (Å²) in [7, 11) is 1.35. The molecule has 0 bridgehead atoms. The van der Waals surface area contributed by atoms with Gasteiger partial charge in [-0.1, -0.05) is 13.8 Å². The number of nitrogens with two attached hydrogens (primary N) is 1. The van der Waals surface area contributed by atoms with Gasteiger partial charge in [-0.2, -0.15) is 0 Å². The predicted octanol–water partition coefficient (Wildman–Crippen LogP) is 3.26. The van der Waals surface area contributed by atoms with E-state index in [2.05, 4.69) is 13.8 Å². The molecule has 0 saturated heterocycles. The number of carbonyl (C=O) groups excluding carboxylic acids is 1. The normalized spacial score (nSPS) is 26.1. The lowest BCUT2D eigenvalue weighted by Gasteiger charge is -2.32. The number of ether oxygens (including phenoxy) is 2. The molecule has 3 unspecified atom stereocenters. The van der Waals surface area contributed by atoms with Crippen LogP contribution >= 0.6 is 0 Å². The molecule has 1 fully saturated rings. The Labute approximate surface area is 120 Å². The number of hydrogen-bond donors (Lipinski definition) is 1. The zero-order valence-corrected chi connectivity index (χ0v) is 12.4. The Morgan fingerprint density at radius 3 is 2.65 bits per heavy atom. The van der Waals surface area contributed by atoms with E-state index in [1.807, 2.05) is 6.07 Å². The van der Waals surface area contributed by atoms with E-state index in [-0.39, 0.29) is 6.10 Å². The van der Waals surface area contributed by atoms with Crippen LogP contribution in [0.1, 0.15) is 43.5 Å². The van der Waals surface area contributed by atoms with Crippen molar-refractivity contribution in [2.75, 3.05) is 12.8 Å². The molecule has 20 heavy (non-hydrogen) atoms. The SMILES string of the molecule is COC(=O)c1cc(OC2CCC(C)C(C)C2)ccc1N. The Morgan fingerprint density at radius 2 is 2.00 bits per heavy atom. The second-order valence-corrected chi connectivity index (χ2v) is 5.75. The van der Waals surface area contributed by atoms with E-state index in [9.17, 15) is 4.79 Å². The van der Waals surface area contributed by atoms with Crippen LogP contribution in [-0.4, -0.2) is 19.2 Å². The average Bonchev–Trinajstić information content (AvgIpc) is 2.44. The second-order valence-electron chi connectivity index (χ2n) is 5.75. The molecule has 4 nitrogen and oxygen atoms in total. The van der Waals surface area contributed by atoms with Gasteiger partial charge in [-0.3, -0.25) is 0 Å². The number of hydrogen-bond acceptors (Lipinski definition) is 4. The Bertz CT molecular complexity index is 487. The summed E-state index contributed by atoms with van der Waals surface area (Å²) in [6.07, 6.45) is 3.52. The highest BCUT2D eigenvalue weighted by atomic mass is 16.5. The van der Waals surface area contributed by atoms with Gasteiger partial charge >= 0.3 is 5.97 Å². The first-order chi connectivity index (χ1) is 9.51. The minimum absolute atomic E-state index is 0.218. The zero-order valence-electron chi connectivity index (χ0n) is 12.4. The highest BCUT2D eigenvalue weighted by Gasteiger charge is 2.26. The van der Waals surface area contributed by atoms with Crippen LogP contribution in [0.15, 0.2) is 18.2 Å². The number of benzene rings is 1. The first kappa shape index (κ1) is 14.7. The summed E-state index contributed by atoms with van der Waals surface area (Å²) in [5.74, 6) is 1.68. The van der Waals surface area contributed by atoms with E-state index >= 15 is 0 Å². The molecule has 1 saturated carbocycles. The average molecular weight is 277 g/mol. The summed E-state index contributed by atoms with van der Waals surface area (Å²) in [4.78, 5) is 11.6. The van der Waals surface area contributed by atoms with E-state index in [0.29, 0.717) is 22.9 Å². The smallest absolute Gasteiger partial charge is 0.340 e. The molecule has 110 valence electrons. The van der Waals surface area contributed by atoms with Crippen LogP contribution in [0.25, 0.3) is 0 Å². The molecule has 2 N–H and O–H groups in total. The third kappa shape index (κ3) is 3.24. The summed E-state index contributed by atoms with van der Waals surface area (Å²) in [5.41, 5.74) is 6.56. The fraction of sp³-hybridized carbons (Fsp3) is 0.562. The minimum Gasteiger partial charge on any atom is -0.490 e. The number of nitrogen functional groups attached to an aromatic ring is 1. The summed E-state index contributed by atoms with van der Waals surface area (Å²) in [6, 6.07) is 5.17. The summed E-state index contributed by atoms with van der Waals surface area (Å²) >= 11 is 0. The molecule has 1 aromatic rings. The fourth-order valence-corrected chi connectivity index (χ4v) is 2.69. The van der Waals surface area contributed by atoms with Gasteiger partial charge in [-0.25, -0.2) is 4.79 Å². The molecule has 1 aliphatic rings. The lowest BCUT2D eigenvalue weighted by Crippen LogP contribution is -2.28. The van der Waals surface area contributed by atoms with Gasteiger partial charge < -0.3 is 15.2 Å². The Kier molecular flexibility index (Phi) is 4.53. The van der Waals surface area contributed by atoms with Crippen LogP contribution in [0.5, 0.6) is 5.75 Å². The third-order valence-corrected chi connectivity index (χ3v) is 4.28. The number of carbonyl (C=O) groups is 1. The van der Waals surface area contributed by atoms with Crippen LogP contribution in [0.2, 0.25) is 0 Å². The van der Waals surface area contributed by atoms with Gasteiger partial charge in [-0.05, 0) is 49.3 Å². The van der Waals surface area contributed by atoms with E-state index in [0.717, 1.165) is 18.8 Å².